The summed E-state index contributed by atoms with van der Waals surface area (Å²) >= 11 is 6.22. The van der Waals surface area contributed by atoms with Crippen LogP contribution in [0.2, 0.25) is 5.02 Å². The van der Waals surface area contributed by atoms with Crippen molar-refractivity contribution in [1.29, 1.82) is 0 Å². The van der Waals surface area contributed by atoms with Crippen LogP contribution in [-0.4, -0.2) is 49.2 Å². The zero-order valence-electron chi connectivity index (χ0n) is 15.6. The van der Waals surface area contributed by atoms with Crippen LogP contribution in [0.15, 0.2) is 47.5 Å². The molecule has 1 aliphatic rings. The van der Waals surface area contributed by atoms with Gasteiger partial charge in [0.2, 0.25) is 5.91 Å². The summed E-state index contributed by atoms with van der Waals surface area (Å²) in [7, 11) is 0. The number of aliphatic imine (C=N–C) groups is 1. The maximum absolute atomic E-state index is 14.4. The fourth-order valence-electron chi connectivity index (χ4n) is 3.29. The van der Waals surface area contributed by atoms with E-state index in [1.807, 2.05) is 6.07 Å². The second kappa shape index (κ2) is 8.63. The molecule has 1 amide bonds. The Morgan fingerprint density at radius 2 is 1.89 bits per heavy atom. The fraction of sp³-hybridized carbons (Fsp3) is 0.333. The number of halogens is 2. The molecule has 1 heterocycles. The molecule has 1 aliphatic heterocycles. The molecule has 0 aliphatic carbocycles. The molecule has 0 saturated carbocycles. The predicted molar refractivity (Wildman–Crippen MR) is 108 cm³/mol. The summed E-state index contributed by atoms with van der Waals surface area (Å²) in [6, 6.07) is 11.8. The summed E-state index contributed by atoms with van der Waals surface area (Å²) in [6.45, 7) is 7.33. The minimum absolute atomic E-state index is 0.0196. The lowest BCUT2D eigenvalue weighted by molar-refractivity contribution is -0.117. The highest BCUT2D eigenvalue weighted by Crippen LogP contribution is 2.30. The first-order valence-corrected chi connectivity index (χ1v) is 9.55. The van der Waals surface area contributed by atoms with Gasteiger partial charge in [0.05, 0.1) is 11.4 Å². The van der Waals surface area contributed by atoms with Crippen LogP contribution in [-0.2, 0) is 4.79 Å². The third-order valence-electron chi connectivity index (χ3n) is 4.84. The van der Waals surface area contributed by atoms with Crippen molar-refractivity contribution in [2.24, 2.45) is 4.99 Å². The Morgan fingerprint density at radius 3 is 2.59 bits per heavy atom. The number of anilines is 1. The highest BCUT2D eigenvalue weighted by molar-refractivity contribution is 6.32. The third-order valence-corrected chi connectivity index (χ3v) is 5.08. The zero-order chi connectivity index (χ0) is 19.4. The van der Waals surface area contributed by atoms with E-state index in [0.29, 0.717) is 28.4 Å². The first-order chi connectivity index (χ1) is 13.0. The molecule has 2 aromatic rings. The van der Waals surface area contributed by atoms with Gasteiger partial charge < -0.3 is 9.80 Å². The molecule has 27 heavy (non-hydrogen) atoms. The molecule has 6 heteroatoms. The van der Waals surface area contributed by atoms with Gasteiger partial charge in [0.1, 0.15) is 12.4 Å². The summed E-state index contributed by atoms with van der Waals surface area (Å²) < 4.78 is 14.4. The number of carbonyl (C=O) groups excluding carboxylic acids is 1. The van der Waals surface area contributed by atoms with E-state index < -0.39 is 0 Å². The molecule has 0 spiro atoms. The Balaban J connectivity index is 2.04. The first kappa shape index (κ1) is 19.5. The zero-order valence-corrected chi connectivity index (χ0v) is 16.3. The van der Waals surface area contributed by atoms with E-state index in [9.17, 15) is 9.18 Å². The lowest BCUT2D eigenvalue weighted by Crippen LogP contribution is -2.39. The lowest BCUT2D eigenvalue weighted by atomic mass is 10.1. The molecule has 0 saturated heterocycles. The number of hydrogen-bond donors (Lipinski definition) is 0. The van der Waals surface area contributed by atoms with Crippen molar-refractivity contribution < 1.29 is 9.18 Å². The molecule has 0 radical (unpaired) electrons. The molecule has 142 valence electrons. The van der Waals surface area contributed by atoms with Gasteiger partial charge in [-0.15, -0.1) is 0 Å². The molecule has 0 aromatic heterocycles. The molecule has 2 aromatic carbocycles. The monoisotopic (exact) mass is 393 g/mol. The van der Waals surface area contributed by atoms with E-state index in [2.05, 4.69) is 23.7 Å². The summed E-state index contributed by atoms with van der Waals surface area (Å²) in [4.78, 5) is 21.2. The predicted octanol–water partition coefficient (Wildman–Crippen LogP) is 4.00. The Hall–Kier alpha value is -2.24. The van der Waals surface area contributed by atoms with Gasteiger partial charge in [-0.25, -0.2) is 4.39 Å². The molecule has 0 fully saturated rings. The van der Waals surface area contributed by atoms with Crippen LogP contribution >= 0.6 is 11.6 Å². The SMILES string of the molecule is CCN(CC)CCN1C(=O)CN=C(c2ccccc2F)[13c]2[13cH][13c](Cl)[13cH][13cH][13c]21. The fourth-order valence-corrected chi connectivity index (χ4v) is 3.47. The maximum atomic E-state index is 14.4. The molecule has 0 atom stereocenters. The smallest absolute Gasteiger partial charge is 0.248 e. The van der Waals surface area contributed by atoms with Crippen molar-refractivity contribution >= 4 is 28.9 Å². The van der Waals surface area contributed by atoms with Gasteiger partial charge in [-0.2, -0.15) is 0 Å². The Labute approximate surface area is 164 Å². The number of benzodiazepines with no additional fused rings is 1. The van der Waals surface area contributed by atoms with Gasteiger partial charge in [0, 0.05) is 29.2 Å². The minimum atomic E-state index is -0.369. The van der Waals surface area contributed by atoms with Crippen LogP contribution in [0.3, 0.4) is 0 Å². The Bertz CT molecular complexity index is 864. The molecule has 0 bridgehead atoms. The number of hydrogen-bond acceptors (Lipinski definition) is 3. The van der Waals surface area contributed by atoms with Crippen LogP contribution < -0.4 is 4.90 Å². The molecular formula is C21H23ClFN3O. The van der Waals surface area contributed by atoms with Crippen molar-refractivity contribution in [3.8, 4) is 0 Å². The number of fused-ring (bicyclic) bond motifs is 1. The number of likely N-dealkylation sites (N-methyl/N-ethyl adjacent to an activating group) is 1. The summed E-state index contributed by atoms with van der Waals surface area (Å²) in [5.74, 6) is -0.469. The van der Waals surface area contributed by atoms with Crippen molar-refractivity contribution in [1.82, 2.24) is 4.90 Å². The number of benzene rings is 2. The van der Waals surface area contributed by atoms with E-state index in [-0.39, 0.29) is 18.3 Å². The minimum Gasteiger partial charge on any atom is -0.309 e. The number of amides is 1. The van der Waals surface area contributed by atoms with Crippen molar-refractivity contribution in [2.75, 3.05) is 37.6 Å². The highest BCUT2D eigenvalue weighted by Gasteiger charge is 2.26. The molecule has 0 N–H and O–H groups in total. The molecular weight excluding hydrogens is 371 g/mol. The van der Waals surface area contributed by atoms with E-state index in [1.54, 1.807) is 35.2 Å². The van der Waals surface area contributed by atoms with Crippen LogP contribution in [0.1, 0.15) is 25.0 Å². The van der Waals surface area contributed by atoms with Gasteiger partial charge in [-0.1, -0.05) is 37.6 Å². The van der Waals surface area contributed by atoms with Crippen molar-refractivity contribution in [3.63, 3.8) is 0 Å². The quantitative estimate of drug-likeness (QED) is 0.743. The summed E-state index contributed by atoms with van der Waals surface area (Å²) in [5.41, 5.74) is 2.23. The topological polar surface area (TPSA) is 35.9 Å². The van der Waals surface area contributed by atoms with E-state index >= 15 is 0 Å². The van der Waals surface area contributed by atoms with E-state index in [0.717, 1.165) is 25.3 Å². The van der Waals surface area contributed by atoms with Crippen LogP contribution in [0.4, 0.5) is 10.1 Å². The standard InChI is InChI=1S/C21H23ClFN3O/c1-3-25(4-2)11-12-26-19-10-9-15(22)13-17(19)21(24-14-20(26)27)16-7-5-6-8-18(16)23/h5-10,13H,3-4,11-12,14H2,1-2H3/i9+1,10+1,13+1,15+1,17+1,19+1. The molecule has 4 nitrogen and oxygen atoms in total. The highest BCUT2D eigenvalue weighted by atomic mass is 35.5. The summed E-state index contributed by atoms with van der Waals surface area (Å²) in [5, 5.41) is 0.524. The normalized spacial score (nSPS) is 14.2. The van der Waals surface area contributed by atoms with E-state index in [4.69, 9.17) is 11.6 Å². The lowest BCUT2D eigenvalue weighted by Gasteiger charge is -2.27. The second-order valence-electron chi connectivity index (χ2n) is 6.38. The van der Waals surface area contributed by atoms with Crippen LogP contribution in [0.5, 0.6) is 0 Å². The Morgan fingerprint density at radius 1 is 1.15 bits per heavy atom. The van der Waals surface area contributed by atoms with Crippen LogP contribution in [0.25, 0.3) is 0 Å². The summed E-state index contributed by atoms with van der Waals surface area (Å²) in [6.07, 6.45) is 0. The largest absolute Gasteiger partial charge is 0.309 e. The van der Waals surface area contributed by atoms with Gasteiger partial charge >= 0.3 is 0 Å². The van der Waals surface area contributed by atoms with Gasteiger partial charge in [0.15, 0.2) is 0 Å². The average molecular weight is 394 g/mol. The number of nitrogens with zero attached hydrogens (tertiary/aromatic N) is 3. The first-order valence-electron chi connectivity index (χ1n) is 9.17. The molecule has 0 unspecified atom stereocenters. The number of rotatable bonds is 6. The average Bonchev–Trinajstić information content (AvgIpc) is 2.80. The van der Waals surface area contributed by atoms with Gasteiger partial charge in [-0.3, -0.25) is 9.79 Å². The van der Waals surface area contributed by atoms with Crippen molar-refractivity contribution in [2.45, 2.75) is 13.8 Å². The van der Waals surface area contributed by atoms with E-state index in [1.165, 1.54) is 6.07 Å². The van der Waals surface area contributed by atoms with Gasteiger partial charge in [-0.05, 0) is 43.4 Å². The van der Waals surface area contributed by atoms with Gasteiger partial charge in [0.25, 0.3) is 0 Å². The Kier molecular flexibility index (Phi) is 6.24. The van der Waals surface area contributed by atoms with Crippen molar-refractivity contribution in [3.05, 3.63) is 64.4 Å². The maximum Gasteiger partial charge on any atom is 0.248 e. The second-order valence-corrected chi connectivity index (χ2v) is 6.81. The third kappa shape index (κ3) is 4.20. The van der Waals surface area contributed by atoms with Crippen LogP contribution in [0, 0.1) is 5.82 Å². The number of carbonyl (C=O) groups is 1. The molecule has 3 rings (SSSR count).